The van der Waals surface area contributed by atoms with Gasteiger partial charge in [0.2, 0.25) is 0 Å². The third-order valence-electron chi connectivity index (χ3n) is 3.00. The molecule has 0 saturated carbocycles. The van der Waals surface area contributed by atoms with Crippen molar-refractivity contribution in [3.8, 4) is 0 Å². The fourth-order valence-electron chi connectivity index (χ4n) is 2.01. The molecular weight excluding hydrogens is 245 g/mol. The maximum atomic E-state index is 12.7. The van der Waals surface area contributed by atoms with Crippen molar-refractivity contribution in [3.63, 3.8) is 0 Å². The van der Waals surface area contributed by atoms with Crippen molar-refractivity contribution in [3.05, 3.63) is 41.7 Å². The standard InChI is InChI=1S/C15H20FNO2/c1-17(11-15-12-18-9-10-19-15)8-2-3-13-4-6-14(16)7-5-13/h2-7,15H,8-12H2,1H3. The molecule has 4 heteroatoms. The van der Waals surface area contributed by atoms with Gasteiger partial charge in [0.25, 0.3) is 0 Å². The van der Waals surface area contributed by atoms with Gasteiger partial charge in [0.05, 0.1) is 25.9 Å². The second kappa shape index (κ2) is 7.38. The first kappa shape index (κ1) is 14.2. The van der Waals surface area contributed by atoms with Gasteiger partial charge in [-0.05, 0) is 24.7 Å². The van der Waals surface area contributed by atoms with Gasteiger partial charge in [0.15, 0.2) is 0 Å². The van der Waals surface area contributed by atoms with Crippen molar-refractivity contribution in [1.29, 1.82) is 0 Å². The first-order valence-corrected chi connectivity index (χ1v) is 6.54. The van der Waals surface area contributed by atoms with Crippen LogP contribution in [-0.4, -0.2) is 51.0 Å². The van der Waals surface area contributed by atoms with E-state index in [0.717, 1.165) is 18.7 Å². The van der Waals surface area contributed by atoms with Gasteiger partial charge in [-0.15, -0.1) is 0 Å². The summed E-state index contributed by atoms with van der Waals surface area (Å²) >= 11 is 0. The monoisotopic (exact) mass is 265 g/mol. The van der Waals surface area contributed by atoms with Crippen LogP contribution in [0, 0.1) is 5.82 Å². The van der Waals surface area contributed by atoms with Crippen LogP contribution in [0.3, 0.4) is 0 Å². The first-order valence-electron chi connectivity index (χ1n) is 6.54. The first-order chi connectivity index (χ1) is 9.24. The number of rotatable bonds is 5. The van der Waals surface area contributed by atoms with E-state index in [1.807, 2.05) is 13.1 Å². The molecule has 1 unspecified atom stereocenters. The maximum Gasteiger partial charge on any atom is 0.123 e. The smallest absolute Gasteiger partial charge is 0.123 e. The molecule has 1 aliphatic heterocycles. The molecule has 1 fully saturated rings. The van der Waals surface area contributed by atoms with E-state index in [-0.39, 0.29) is 11.9 Å². The van der Waals surface area contributed by atoms with Gasteiger partial charge in [0.1, 0.15) is 5.82 Å². The van der Waals surface area contributed by atoms with Gasteiger partial charge in [-0.3, -0.25) is 0 Å². The number of hydrogen-bond donors (Lipinski definition) is 0. The molecule has 0 amide bonds. The van der Waals surface area contributed by atoms with Crippen molar-refractivity contribution >= 4 is 6.08 Å². The zero-order valence-electron chi connectivity index (χ0n) is 11.2. The fourth-order valence-corrected chi connectivity index (χ4v) is 2.01. The Labute approximate surface area is 113 Å². The van der Waals surface area contributed by atoms with Crippen LogP contribution in [0.2, 0.25) is 0 Å². The Bertz CT molecular complexity index is 399. The summed E-state index contributed by atoms with van der Waals surface area (Å²) in [6.07, 6.45) is 4.23. The number of hydrogen-bond acceptors (Lipinski definition) is 3. The lowest BCUT2D eigenvalue weighted by atomic mass is 10.2. The Hall–Kier alpha value is -1.23. The topological polar surface area (TPSA) is 21.7 Å². The highest BCUT2D eigenvalue weighted by molar-refractivity contribution is 5.48. The van der Waals surface area contributed by atoms with E-state index < -0.39 is 0 Å². The number of benzene rings is 1. The molecule has 0 aromatic heterocycles. The Morgan fingerprint density at radius 1 is 1.32 bits per heavy atom. The average Bonchev–Trinajstić information content (AvgIpc) is 2.42. The molecule has 1 aromatic carbocycles. The molecule has 1 aliphatic rings. The van der Waals surface area contributed by atoms with E-state index in [4.69, 9.17) is 9.47 Å². The van der Waals surface area contributed by atoms with Crippen LogP contribution < -0.4 is 0 Å². The average molecular weight is 265 g/mol. The number of halogens is 1. The minimum atomic E-state index is -0.205. The molecule has 0 spiro atoms. The largest absolute Gasteiger partial charge is 0.376 e. The van der Waals surface area contributed by atoms with Gasteiger partial charge < -0.3 is 14.4 Å². The van der Waals surface area contributed by atoms with E-state index in [1.54, 1.807) is 12.1 Å². The lowest BCUT2D eigenvalue weighted by Crippen LogP contribution is -2.38. The number of likely N-dealkylation sites (N-methyl/N-ethyl adjacent to an activating group) is 1. The predicted octanol–water partition coefficient (Wildman–Crippen LogP) is 2.19. The second-order valence-electron chi connectivity index (χ2n) is 4.74. The minimum Gasteiger partial charge on any atom is -0.376 e. The minimum absolute atomic E-state index is 0.165. The molecule has 1 aromatic rings. The van der Waals surface area contributed by atoms with E-state index in [0.29, 0.717) is 19.8 Å². The van der Waals surface area contributed by atoms with Crippen LogP contribution in [0.1, 0.15) is 5.56 Å². The maximum absolute atomic E-state index is 12.7. The van der Waals surface area contributed by atoms with Crippen LogP contribution >= 0.6 is 0 Å². The van der Waals surface area contributed by atoms with E-state index >= 15 is 0 Å². The van der Waals surface area contributed by atoms with Gasteiger partial charge in [0, 0.05) is 13.1 Å². The molecule has 0 bridgehead atoms. The van der Waals surface area contributed by atoms with Crippen LogP contribution in [0.4, 0.5) is 4.39 Å². The third-order valence-corrected chi connectivity index (χ3v) is 3.00. The van der Waals surface area contributed by atoms with Crippen LogP contribution in [0.15, 0.2) is 30.3 Å². The van der Waals surface area contributed by atoms with Crippen molar-refractivity contribution in [1.82, 2.24) is 4.90 Å². The Balaban J connectivity index is 1.73. The van der Waals surface area contributed by atoms with E-state index in [9.17, 15) is 4.39 Å². The van der Waals surface area contributed by atoms with Crippen molar-refractivity contribution < 1.29 is 13.9 Å². The zero-order chi connectivity index (χ0) is 13.5. The Morgan fingerprint density at radius 2 is 2.11 bits per heavy atom. The number of ether oxygens (including phenoxy) is 2. The fraction of sp³-hybridized carbons (Fsp3) is 0.467. The summed E-state index contributed by atoms with van der Waals surface area (Å²) in [5.41, 5.74) is 1.01. The number of nitrogens with zero attached hydrogens (tertiary/aromatic N) is 1. The van der Waals surface area contributed by atoms with Gasteiger partial charge in [-0.2, -0.15) is 0 Å². The summed E-state index contributed by atoms with van der Waals surface area (Å²) in [5.74, 6) is -0.205. The second-order valence-corrected chi connectivity index (χ2v) is 4.74. The Morgan fingerprint density at radius 3 is 2.79 bits per heavy atom. The molecule has 1 saturated heterocycles. The summed E-state index contributed by atoms with van der Waals surface area (Å²) in [4.78, 5) is 2.18. The van der Waals surface area contributed by atoms with Crippen LogP contribution in [-0.2, 0) is 9.47 Å². The van der Waals surface area contributed by atoms with Crippen molar-refractivity contribution in [2.24, 2.45) is 0 Å². The quantitative estimate of drug-likeness (QED) is 0.814. The molecular formula is C15H20FNO2. The summed E-state index contributed by atoms with van der Waals surface area (Å²) in [7, 11) is 2.05. The van der Waals surface area contributed by atoms with Gasteiger partial charge >= 0.3 is 0 Å². The summed E-state index contributed by atoms with van der Waals surface area (Å²) in [6, 6.07) is 6.47. The van der Waals surface area contributed by atoms with Crippen LogP contribution in [0.25, 0.3) is 6.08 Å². The molecule has 104 valence electrons. The molecule has 0 aliphatic carbocycles. The zero-order valence-corrected chi connectivity index (χ0v) is 11.2. The van der Waals surface area contributed by atoms with Crippen molar-refractivity contribution in [2.45, 2.75) is 6.10 Å². The molecule has 3 nitrogen and oxygen atoms in total. The van der Waals surface area contributed by atoms with Gasteiger partial charge in [-0.1, -0.05) is 24.3 Å². The summed E-state index contributed by atoms with van der Waals surface area (Å²) < 4.78 is 23.7. The predicted molar refractivity (Wildman–Crippen MR) is 73.5 cm³/mol. The van der Waals surface area contributed by atoms with Crippen LogP contribution in [0.5, 0.6) is 0 Å². The molecule has 1 heterocycles. The van der Waals surface area contributed by atoms with Gasteiger partial charge in [-0.25, -0.2) is 4.39 Å². The SMILES string of the molecule is CN(CC=Cc1ccc(F)cc1)CC1COCCO1. The van der Waals surface area contributed by atoms with E-state index in [2.05, 4.69) is 11.0 Å². The van der Waals surface area contributed by atoms with E-state index in [1.165, 1.54) is 12.1 Å². The highest BCUT2D eigenvalue weighted by atomic mass is 19.1. The lowest BCUT2D eigenvalue weighted by molar-refractivity contribution is -0.0950. The summed E-state index contributed by atoms with van der Waals surface area (Å²) in [6.45, 7) is 3.74. The molecule has 1 atom stereocenters. The highest BCUT2D eigenvalue weighted by Gasteiger charge is 2.15. The molecule has 0 radical (unpaired) electrons. The highest BCUT2D eigenvalue weighted by Crippen LogP contribution is 2.06. The normalized spacial score (nSPS) is 20.3. The van der Waals surface area contributed by atoms with Crippen molar-refractivity contribution in [2.75, 3.05) is 40.0 Å². The molecule has 2 rings (SSSR count). The third kappa shape index (κ3) is 5.11. The lowest BCUT2D eigenvalue weighted by Gasteiger charge is -2.26. The molecule has 19 heavy (non-hydrogen) atoms. The Kier molecular flexibility index (Phi) is 5.51. The molecule has 0 N–H and O–H groups in total. The summed E-state index contributed by atoms with van der Waals surface area (Å²) in [5, 5.41) is 0.